The fourth-order valence-electron chi connectivity index (χ4n) is 3.07. The molecule has 1 aliphatic heterocycles. The molecule has 1 heterocycles. The first kappa shape index (κ1) is 15.2. The molecule has 1 saturated carbocycles. The molecule has 3 rings (SSSR count). The molecule has 0 bridgehead atoms. The summed E-state index contributed by atoms with van der Waals surface area (Å²) < 4.78 is 10.6. The van der Waals surface area contributed by atoms with E-state index in [9.17, 15) is 4.79 Å². The van der Waals surface area contributed by atoms with Crippen molar-refractivity contribution in [1.29, 1.82) is 0 Å². The van der Waals surface area contributed by atoms with Crippen molar-refractivity contribution in [2.24, 2.45) is 17.3 Å². The average Bonchev–Trinajstić information content (AvgIpc) is 2.76. The second kappa shape index (κ2) is 5.20. The minimum atomic E-state index is -0.0381. The van der Waals surface area contributed by atoms with E-state index in [1.807, 2.05) is 0 Å². The number of amides is 1. The van der Waals surface area contributed by atoms with Crippen LogP contribution in [0, 0.1) is 17.3 Å². The zero-order valence-corrected chi connectivity index (χ0v) is 14.0. The summed E-state index contributed by atoms with van der Waals surface area (Å²) in [5, 5.41) is 3.38. The molecule has 22 heavy (non-hydrogen) atoms. The highest BCUT2D eigenvalue weighted by molar-refractivity contribution is 6.34. The molecule has 0 saturated heterocycles. The molecule has 1 fully saturated rings. The van der Waals surface area contributed by atoms with Crippen LogP contribution in [0.3, 0.4) is 0 Å². The van der Waals surface area contributed by atoms with Crippen LogP contribution in [0.1, 0.15) is 27.7 Å². The summed E-state index contributed by atoms with van der Waals surface area (Å²) in [6, 6.07) is 3.39. The van der Waals surface area contributed by atoms with Crippen molar-refractivity contribution in [1.82, 2.24) is 0 Å². The van der Waals surface area contributed by atoms with E-state index in [0.29, 0.717) is 22.2 Å². The number of anilines is 1. The van der Waals surface area contributed by atoms with E-state index < -0.39 is 0 Å². The van der Waals surface area contributed by atoms with Crippen molar-refractivity contribution in [2.75, 3.05) is 12.1 Å². The molecule has 4 nitrogen and oxygen atoms in total. The van der Waals surface area contributed by atoms with Crippen molar-refractivity contribution in [3.05, 3.63) is 28.8 Å². The highest BCUT2D eigenvalue weighted by Gasteiger charge is 2.60. The Morgan fingerprint density at radius 2 is 1.95 bits per heavy atom. The lowest BCUT2D eigenvalue weighted by atomic mass is 10.1. The molecule has 5 heteroatoms. The van der Waals surface area contributed by atoms with Crippen molar-refractivity contribution < 1.29 is 14.3 Å². The SMILES string of the molecule is CC(C)=C[C@@H]1[C@H](C(=O)Nc2cc3c(cc2Cl)OCO3)C1(C)C. The summed E-state index contributed by atoms with van der Waals surface area (Å²) in [5.41, 5.74) is 1.77. The lowest BCUT2D eigenvalue weighted by molar-refractivity contribution is -0.118. The van der Waals surface area contributed by atoms with Gasteiger partial charge in [-0.25, -0.2) is 0 Å². The summed E-state index contributed by atoms with van der Waals surface area (Å²) in [5.74, 6) is 1.44. The monoisotopic (exact) mass is 321 g/mol. The molecule has 1 aliphatic carbocycles. The summed E-state index contributed by atoms with van der Waals surface area (Å²) in [4.78, 5) is 12.6. The Morgan fingerprint density at radius 3 is 2.59 bits per heavy atom. The van der Waals surface area contributed by atoms with Crippen molar-refractivity contribution >= 4 is 23.2 Å². The molecule has 1 amide bonds. The van der Waals surface area contributed by atoms with Gasteiger partial charge in [0.15, 0.2) is 11.5 Å². The molecule has 0 unspecified atom stereocenters. The third-order valence-corrected chi connectivity index (χ3v) is 4.74. The number of rotatable bonds is 3. The molecule has 1 N–H and O–H groups in total. The minimum absolute atomic E-state index is 0.00624. The predicted octanol–water partition coefficient (Wildman–Crippen LogP) is 4.25. The standard InChI is InChI=1S/C17H20ClNO3/c1-9(2)5-10-15(17(10,3)4)16(20)19-12-7-14-13(6-11(12)18)21-8-22-14/h5-7,10,15H,8H2,1-4H3,(H,19,20)/t10-,15-/m1/s1. The van der Waals surface area contributed by atoms with E-state index in [1.54, 1.807) is 12.1 Å². The molecular weight excluding hydrogens is 302 g/mol. The lowest BCUT2D eigenvalue weighted by Gasteiger charge is -2.09. The number of halogens is 1. The van der Waals surface area contributed by atoms with E-state index in [2.05, 4.69) is 39.1 Å². The lowest BCUT2D eigenvalue weighted by Crippen LogP contribution is -2.17. The van der Waals surface area contributed by atoms with Gasteiger partial charge in [0, 0.05) is 12.1 Å². The molecule has 0 radical (unpaired) electrons. The van der Waals surface area contributed by atoms with Gasteiger partial charge in [-0.05, 0) is 25.2 Å². The van der Waals surface area contributed by atoms with Crippen LogP contribution in [0.4, 0.5) is 5.69 Å². The van der Waals surface area contributed by atoms with Crippen molar-refractivity contribution in [3.63, 3.8) is 0 Å². The third-order valence-electron chi connectivity index (χ3n) is 4.43. The van der Waals surface area contributed by atoms with E-state index in [4.69, 9.17) is 21.1 Å². The smallest absolute Gasteiger partial charge is 0.231 e. The largest absolute Gasteiger partial charge is 0.454 e. The van der Waals surface area contributed by atoms with Gasteiger partial charge in [0.1, 0.15) is 0 Å². The van der Waals surface area contributed by atoms with E-state index in [0.717, 1.165) is 0 Å². The first-order valence-corrected chi connectivity index (χ1v) is 7.73. The van der Waals surface area contributed by atoms with Crippen LogP contribution in [0.25, 0.3) is 0 Å². The summed E-state index contributed by atoms with van der Waals surface area (Å²) in [6.45, 7) is 8.52. The second-order valence-electron chi connectivity index (χ2n) is 6.74. The Morgan fingerprint density at radius 1 is 1.32 bits per heavy atom. The number of allylic oxidation sites excluding steroid dienone is 2. The zero-order valence-electron chi connectivity index (χ0n) is 13.2. The molecular formula is C17H20ClNO3. The Labute approximate surface area is 135 Å². The van der Waals surface area contributed by atoms with Crippen LogP contribution in [-0.4, -0.2) is 12.7 Å². The molecule has 118 valence electrons. The van der Waals surface area contributed by atoms with Crippen molar-refractivity contribution in [2.45, 2.75) is 27.7 Å². The maximum Gasteiger partial charge on any atom is 0.231 e. The number of carbonyl (C=O) groups is 1. The van der Waals surface area contributed by atoms with Crippen LogP contribution in [0.2, 0.25) is 5.02 Å². The number of fused-ring (bicyclic) bond motifs is 1. The van der Waals surface area contributed by atoms with Crippen LogP contribution in [0.5, 0.6) is 11.5 Å². The topological polar surface area (TPSA) is 47.6 Å². The highest BCUT2D eigenvalue weighted by Crippen LogP contribution is 2.59. The number of ether oxygens (including phenoxy) is 2. The third kappa shape index (κ3) is 2.56. The Kier molecular flexibility index (Phi) is 3.60. The molecule has 2 aliphatic rings. The van der Waals surface area contributed by atoms with Crippen LogP contribution in [-0.2, 0) is 4.79 Å². The van der Waals surface area contributed by atoms with Gasteiger partial charge in [-0.15, -0.1) is 0 Å². The maximum absolute atomic E-state index is 12.6. The van der Waals surface area contributed by atoms with Gasteiger partial charge in [-0.1, -0.05) is 37.1 Å². The molecule has 1 aromatic rings. The Balaban J connectivity index is 1.77. The summed E-state index contributed by atoms with van der Waals surface area (Å²) in [7, 11) is 0. The fraction of sp³-hybridized carbons (Fsp3) is 0.471. The van der Waals surface area contributed by atoms with Gasteiger partial charge in [0.25, 0.3) is 0 Å². The number of nitrogens with one attached hydrogen (secondary N) is 1. The van der Waals surface area contributed by atoms with Crippen molar-refractivity contribution in [3.8, 4) is 11.5 Å². The number of benzene rings is 1. The van der Waals surface area contributed by atoms with Gasteiger partial charge in [-0.3, -0.25) is 4.79 Å². The molecule has 2 atom stereocenters. The Bertz CT molecular complexity index is 662. The first-order chi connectivity index (χ1) is 10.3. The van der Waals surface area contributed by atoms with Gasteiger partial charge in [0.2, 0.25) is 12.7 Å². The minimum Gasteiger partial charge on any atom is -0.454 e. The number of hydrogen-bond donors (Lipinski definition) is 1. The Hall–Kier alpha value is -1.68. The average molecular weight is 322 g/mol. The van der Waals surface area contributed by atoms with Gasteiger partial charge in [-0.2, -0.15) is 0 Å². The number of carbonyl (C=O) groups excluding carboxylic acids is 1. The first-order valence-electron chi connectivity index (χ1n) is 7.35. The molecule has 0 aromatic heterocycles. The van der Waals surface area contributed by atoms with Crippen LogP contribution < -0.4 is 14.8 Å². The summed E-state index contributed by atoms with van der Waals surface area (Å²) >= 11 is 6.21. The van der Waals surface area contributed by atoms with Gasteiger partial charge in [0.05, 0.1) is 16.6 Å². The quantitative estimate of drug-likeness (QED) is 0.847. The van der Waals surface area contributed by atoms with Crippen LogP contribution in [0.15, 0.2) is 23.8 Å². The normalized spacial score (nSPS) is 23.9. The fourth-order valence-corrected chi connectivity index (χ4v) is 3.27. The second-order valence-corrected chi connectivity index (χ2v) is 7.15. The highest BCUT2D eigenvalue weighted by atomic mass is 35.5. The van der Waals surface area contributed by atoms with Crippen LogP contribution >= 0.6 is 11.6 Å². The van der Waals surface area contributed by atoms with E-state index >= 15 is 0 Å². The molecule has 1 aromatic carbocycles. The zero-order chi connectivity index (χ0) is 16.1. The van der Waals surface area contributed by atoms with Gasteiger partial charge >= 0.3 is 0 Å². The number of hydrogen-bond acceptors (Lipinski definition) is 3. The van der Waals surface area contributed by atoms with E-state index in [1.165, 1.54) is 5.57 Å². The maximum atomic E-state index is 12.6. The van der Waals surface area contributed by atoms with Gasteiger partial charge < -0.3 is 14.8 Å². The predicted molar refractivity (Wildman–Crippen MR) is 86.4 cm³/mol. The molecule has 0 spiro atoms. The van der Waals surface area contributed by atoms with E-state index in [-0.39, 0.29) is 30.0 Å². The summed E-state index contributed by atoms with van der Waals surface area (Å²) in [6.07, 6.45) is 2.17.